The van der Waals surface area contributed by atoms with Gasteiger partial charge in [0.05, 0.1) is 44.2 Å². The average molecular weight is 1270 g/mol. The van der Waals surface area contributed by atoms with Gasteiger partial charge in [0.2, 0.25) is 12.2 Å². The summed E-state index contributed by atoms with van der Waals surface area (Å²) in [5, 5.41) is 115. The Bertz CT molecular complexity index is 2470. The second-order valence-electron chi connectivity index (χ2n) is 27.4. The van der Waals surface area contributed by atoms with Gasteiger partial charge in [-0.05, 0) is 152 Å². The molecular weight excluding hydrogens is 1180 g/mol. The van der Waals surface area contributed by atoms with E-state index in [2.05, 4.69) is 68.6 Å². The second kappa shape index (κ2) is 24.7. The molecule has 7 fully saturated rings. The maximum absolute atomic E-state index is 15.7. The van der Waals surface area contributed by atoms with Crippen molar-refractivity contribution < 1.29 is 93.9 Å². The fraction of sp³-hybridized carbons (Fsp3) is 0.820. The molecule has 8 aliphatic rings. The van der Waals surface area contributed by atoms with Crippen molar-refractivity contribution in [1.82, 2.24) is 5.32 Å². The zero-order valence-electron chi connectivity index (χ0n) is 48.6. The molecule has 20 nitrogen and oxygen atoms in total. The van der Waals surface area contributed by atoms with Crippen molar-refractivity contribution >= 4 is 40.3 Å². The van der Waals surface area contributed by atoms with Crippen LogP contribution in [0.4, 0.5) is 0 Å². The number of aliphatic hydroxyl groups excluding tert-OH is 10. The second-order valence-corrected chi connectivity index (χ2v) is 28.6. The van der Waals surface area contributed by atoms with Crippen LogP contribution in [-0.4, -0.2) is 187 Å². The normalized spacial score (nSPS) is 46.2. The Morgan fingerprint density at radius 1 is 0.707 bits per heavy atom. The molecule has 1 amide bonds. The summed E-state index contributed by atoms with van der Waals surface area (Å²) in [6, 6.07) is 5.99. The molecular formula is C61H92INO19. The number of Topliss-reactive ketones (excluding diaryl/α,β-unsaturated/α-hetero) is 1. The summed E-state index contributed by atoms with van der Waals surface area (Å²) in [6.07, 6.45) is -12.8. The third-order valence-corrected chi connectivity index (χ3v) is 22.9. The van der Waals surface area contributed by atoms with Gasteiger partial charge in [-0.15, -0.1) is 0 Å². The van der Waals surface area contributed by atoms with Crippen molar-refractivity contribution in [2.45, 2.75) is 243 Å². The predicted molar refractivity (Wildman–Crippen MR) is 303 cm³/mol. The Morgan fingerprint density at radius 3 is 2.06 bits per heavy atom. The van der Waals surface area contributed by atoms with Gasteiger partial charge in [0.15, 0.2) is 24.5 Å². The van der Waals surface area contributed by atoms with E-state index in [0.717, 1.165) is 28.4 Å². The molecule has 24 atom stereocenters. The minimum absolute atomic E-state index is 0.0129. The summed E-state index contributed by atoms with van der Waals surface area (Å²) in [5.41, 5.74) is -1.86. The Balaban J connectivity index is 0.963. The smallest absolute Gasteiger partial charge is 0.317 e. The standard InChI is InChI=1S/C61H92INO19/c1-31-50(80-52-48(74)45(71)37(67)29-77-52)47(73)49(75)53(78-31)81-51-46(72)44(63-43(70)13-11-9-8-10-12-36(66)32-14-16-33(62)17-15-32)38(28-64)79-54(51)82-55(76)61-25-24-56(2,3)26-35(61)34-18-19-40-57(4)22-21-41(68)58(5,30-65)39(57)20-23-59(40,6)60(34,7)27-42(61)69/h14-18,31,35,37-42,44-54,64-65,67-69,71-75H,8-13,19-30H2,1-7H3,(H,63,70)/t31?,35?,37-,38?,39-,40?,41+,42?,44+,45?,46?,47?,48?,49?,50+,51?,52+,53+,54+,57?,58-,59+,60-,61-/m1/s1. The van der Waals surface area contributed by atoms with E-state index in [-0.39, 0.29) is 59.7 Å². The number of benzene rings is 1. The molecule has 3 heterocycles. The molecule has 1 aromatic rings. The number of rotatable bonds is 17. The van der Waals surface area contributed by atoms with Crippen LogP contribution in [0.15, 0.2) is 35.9 Å². The minimum Gasteiger partial charge on any atom is -0.432 e. The lowest BCUT2D eigenvalue weighted by Gasteiger charge is -2.71. The maximum atomic E-state index is 15.7. The zero-order valence-corrected chi connectivity index (χ0v) is 50.8. The van der Waals surface area contributed by atoms with E-state index >= 15 is 4.79 Å². The summed E-state index contributed by atoms with van der Waals surface area (Å²) in [5.74, 6) is -1.57. The van der Waals surface area contributed by atoms with Crippen molar-refractivity contribution in [1.29, 1.82) is 0 Å². The van der Waals surface area contributed by atoms with Crippen molar-refractivity contribution in [3.63, 3.8) is 0 Å². The number of esters is 1. The van der Waals surface area contributed by atoms with Gasteiger partial charge in [-0.25, -0.2) is 0 Å². The van der Waals surface area contributed by atoms with Gasteiger partial charge in [-0.3, -0.25) is 14.4 Å². The molecule has 5 aliphatic carbocycles. The Morgan fingerprint density at radius 2 is 1.38 bits per heavy atom. The van der Waals surface area contributed by atoms with Gasteiger partial charge in [0, 0.05) is 27.4 Å². The molecule has 4 saturated carbocycles. The highest BCUT2D eigenvalue weighted by Crippen LogP contribution is 2.76. The Kier molecular flexibility index (Phi) is 19.3. The number of carbonyl (C=O) groups is 3. The van der Waals surface area contributed by atoms with Crippen LogP contribution in [0.5, 0.6) is 0 Å². The van der Waals surface area contributed by atoms with E-state index in [1.165, 1.54) is 6.92 Å². The van der Waals surface area contributed by atoms with E-state index < -0.39 is 145 Å². The van der Waals surface area contributed by atoms with Gasteiger partial charge >= 0.3 is 5.97 Å². The number of amides is 1. The molecule has 9 rings (SSSR count). The van der Waals surface area contributed by atoms with Crippen LogP contribution in [0.2, 0.25) is 0 Å². The van der Waals surface area contributed by atoms with Crippen LogP contribution in [-0.2, 0) is 38.0 Å². The lowest BCUT2D eigenvalue weighted by Crippen LogP contribution is -2.69. The topological polar surface area (TPSA) is 321 Å². The van der Waals surface area contributed by atoms with Crippen LogP contribution in [0.25, 0.3) is 0 Å². The number of carbonyl (C=O) groups excluding carboxylic acids is 3. The van der Waals surface area contributed by atoms with Crippen molar-refractivity contribution in [3.8, 4) is 0 Å². The van der Waals surface area contributed by atoms with Crippen molar-refractivity contribution in [3.05, 3.63) is 45.0 Å². The van der Waals surface area contributed by atoms with E-state index in [9.17, 15) is 60.7 Å². The molecule has 21 heteroatoms. The van der Waals surface area contributed by atoms with Crippen LogP contribution < -0.4 is 5.32 Å². The molecule has 0 bridgehead atoms. The fourth-order valence-electron chi connectivity index (χ4n) is 16.9. The molecule has 1 aromatic carbocycles. The summed E-state index contributed by atoms with van der Waals surface area (Å²) >= 11 is 2.18. The van der Waals surface area contributed by atoms with Crippen LogP contribution in [0, 0.1) is 53.8 Å². The molecule has 11 N–H and O–H groups in total. The maximum Gasteiger partial charge on any atom is 0.317 e. The highest BCUT2D eigenvalue weighted by Gasteiger charge is 2.72. The largest absolute Gasteiger partial charge is 0.432 e. The van der Waals surface area contributed by atoms with Gasteiger partial charge in [-0.2, -0.15) is 0 Å². The van der Waals surface area contributed by atoms with E-state index in [0.29, 0.717) is 63.4 Å². The van der Waals surface area contributed by atoms with E-state index in [4.69, 9.17) is 28.4 Å². The Labute approximate surface area is 495 Å². The molecule has 462 valence electrons. The lowest BCUT2D eigenvalue weighted by atomic mass is 9.33. The van der Waals surface area contributed by atoms with Crippen molar-refractivity contribution in [2.24, 2.45) is 50.2 Å². The van der Waals surface area contributed by atoms with Crippen LogP contribution >= 0.6 is 22.6 Å². The highest BCUT2D eigenvalue weighted by atomic mass is 127. The zero-order chi connectivity index (χ0) is 59.6. The first-order valence-electron chi connectivity index (χ1n) is 30.0. The van der Waals surface area contributed by atoms with Gasteiger partial charge < -0.3 is 84.8 Å². The number of hydrogen-bond acceptors (Lipinski definition) is 19. The van der Waals surface area contributed by atoms with Gasteiger partial charge in [-0.1, -0.05) is 78.2 Å². The van der Waals surface area contributed by atoms with Crippen LogP contribution in [0.3, 0.4) is 0 Å². The highest BCUT2D eigenvalue weighted by molar-refractivity contribution is 14.1. The minimum atomic E-state index is -1.95. The first kappa shape index (κ1) is 64.2. The molecule has 0 aromatic heterocycles. The number of unbranched alkanes of at least 4 members (excludes halogenated alkanes) is 3. The molecule has 0 spiro atoms. The third-order valence-electron chi connectivity index (χ3n) is 22.1. The number of hydrogen-bond donors (Lipinski definition) is 11. The molecule has 82 heavy (non-hydrogen) atoms. The summed E-state index contributed by atoms with van der Waals surface area (Å²) in [4.78, 5) is 42.2. The number of nitrogens with one attached hydrogen (secondary N) is 1. The summed E-state index contributed by atoms with van der Waals surface area (Å²) in [6.45, 7) is 13.4. The SMILES string of the molecule is CC1O[C@@H](OC2C(O)[C@@H](NC(=O)CCCCCCC(=O)c3ccc(I)cc3)C(CO)O[C@H]2OC(=O)[C@]23CCC(C)(C)CC2C2=CCC4C5(C)CC[C@H](O)[C@](C)(CO)[C@@H]5CC[C@]4(C)[C@]2(C)CC3O)C(O)C(O)[C@H]1O[C@@H]1OC[C@@H](O)C(O)C1O. The number of aliphatic hydroxyl groups is 10. The van der Waals surface area contributed by atoms with Crippen LogP contribution in [0.1, 0.15) is 155 Å². The monoisotopic (exact) mass is 1270 g/mol. The number of halogens is 1. The first-order chi connectivity index (χ1) is 38.6. The lowest BCUT2D eigenvalue weighted by molar-refractivity contribution is -0.370. The fourth-order valence-corrected chi connectivity index (χ4v) is 17.3. The van der Waals surface area contributed by atoms with E-state index in [1.54, 1.807) is 12.1 Å². The van der Waals surface area contributed by atoms with Crippen molar-refractivity contribution in [2.75, 3.05) is 19.8 Å². The number of ether oxygens (including phenoxy) is 6. The first-order valence-corrected chi connectivity index (χ1v) is 31.1. The van der Waals surface area contributed by atoms with E-state index in [1.807, 2.05) is 19.1 Å². The number of fused-ring (bicyclic) bond motifs is 7. The predicted octanol–water partition coefficient (Wildman–Crippen LogP) is 3.70. The Hall–Kier alpha value is -2.30. The van der Waals surface area contributed by atoms with Gasteiger partial charge in [0.1, 0.15) is 54.2 Å². The third kappa shape index (κ3) is 11.5. The summed E-state index contributed by atoms with van der Waals surface area (Å²) in [7, 11) is 0. The quantitative estimate of drug-likeness (QED) is 0.0348. The summed E-state index contributed by atoms with van der Waals surface area (Å²) < 4.78 is 37.6. The average Bonchev–Trinajstić information content (AvgIpc) is 3.61. The number of allylic oxidation sites excluding steroid dienone is 2. The molecule has 0 radical (unpaired) electrons. The number of ketones is 1. The molecule has 3 saturated heterocycles. The van der Waals surface area contributed by atoms with Gasteiger partial charge in [0.25, 0.3) is 0 Å². The molecule has 3 aliphatic heterocycles. The molecule has 12 unspecified atom stereocenters.